The maximum atomic E-state index is 12.3. The molecule has 1 aliphatic rings. The van der Waals surface area contributed by atoms with Gasteiger partial charge in [0.15, 0.2) is 5.76 Å². The van der Waals surface area contributed by atoms with Crippen molar-refractivity contribution in [2.45, 2.75) is 39.5 Å². The molecule has 1 aromatic heterocycles. The highest BCUT2D eigenvalue weighted by Gasteiger charge is 2.19. The summed E-state index contributed by atoms with van der Waals surface area (Å²) in [6.45, 7) is 4.06. The first kappa shape index (κ1) is 13.9. The molecule has 1 N–H and O–H groups in total. The Morgan fingerprint density at radius 3 is 2.90 bits per heavy atom. The molecular formula is C17H20N2O2. The Morgan fingerprint density at radius 1 is 1.33 bits per heavy atom. The van der Waals surface area contributed by atoms with Crippen molar-refractivity contribution in [3.63, 3.8) is 0 Å². The van der Waals surface area contributed by atoms with Crippen LogP contribution in [-0.2, 0) is 0 Å². The number of amides is 1. The van der Waals surface area contributed by atoms with Crippen molar-refractivity contribution in [1.29, 1.82) is 0 Å². The first-order valence-electron chi connectivity index (χ1n) is 7.51. The van der Waals surface area contributed by atoms with E-state index in [0.717, 1.165) is 41.5 Å². The fourth-order valence-corrected chi connectivity index (χ4v) is 2.90. The van der Waals surface area contributed by atoms with Crippen LogP contribution in [-0.4, -0.2) is 11.6 Å². The largest absolute Gasteiger partial charge is 0.451 e. The highest BCUT2D eigenvalue weighted by atomic mass is 16.3. The lowest BCUT2D eigenvalue weighted by molar-refractivity contribution is 0.0928. The van der Waals surface area contributed by atoms with Crippen LogP contribution in [0.1, 0.15) is 48.7 Å². The highest BCUT2D eigenvalue weighted by Crippen LogP contribution is 2.25. The van der Waals surface area contributed by atoms with Gasteiger partial charge in [-0.1, -0.05) is 31.5 Å². The zero-order valence-corrected chi connectivity index (χ0v) is 12.5. The molecule has 1 amide bonds. The maximum absolute atomic E-state index is 12.3. The third kappa shape index (κ3) is 2.71. The molecule has 1 atom stereocenters. The number of carbonyl (C=O) groups is 1. The van der Waals surface area contributed by atoms with Crippen LogP contribution in [0, 0.1) is 12.8 Å². The first-order chi connectivity index (χ1) is 10.2. The summed E-state index contributed by atoms with van der Waals surface area (Å²) < 4.78 is 5.65. The summed E-state index contributed by atoms with van der Waals surface area (Å²) in [6.07, 6.45) is 4.53. The number of benzene rings is 1. The van der Waals surface area contributed by atoms with E-state index in [2.05, 4.69) is 17.5 Å². The Morgan fingerprint density at radius 2 is 2.14 bits per heavy atom. The number of fused-ring (bicyclic) bond motifs is 1. The van der Waals surface area contributed by atoms with Gasteiger partial charge < -0.3 is 4.42 Å². The van der Waals surface area contributed by atoms with E-state index in [1.807, 2.05) is 31.2 Å². The maximum Gasteiger partial charge on any atom is 0.307 e. The molecule has 1 aromatic carbocycles. The number of aryl methyl sites for hydroxylation is 1. The van der Waals surface area contributed by atoms with Gasteiger partial charge in [-0.15, -0.1) is 0 Å². The SMILES string of the molecule is Cc1c(C(=O)NN=C2CCCC[C@H]2C)oc2ccccc12. The van der Waals surface area contributed by atoms with Crippen LogP contribution >= 0.6 is 0 Å². The number of furan rings is 1. The number of hydrogen-bond acceptors (Lipinski definition) is 3. The molecule has 1 heterocycles. The van der Waals surface area contributed by atoms with Gasteiger partial charge in [0.1, 0.15) is 5.58 Å². The number of nitrogens with zero attached hydrogens (tertiary/aromatic N) is 1. The molecule has 0 unspecified atom stereocenters. The fraction of sp³-hybridized carbons (Fsp3) is 0.412. The molecule has 1 fully saturated rings. The minimum atomic E-state index is -0.269. The Balaban J connectivity index is 1.81. The summed E-state index contributed by atoms with van der Waals surface area (Å²) in [7, 11) is 0. The second-order valence-electron chi connectivity index (χ2n) is 5.74. The van der Waals surface area contributed by atoms with Crippen LogP contribution in [0.15, 0.2) is 33.8 Å². The van der Waals surface area contributed by atoms with Crippen LogP contribution in [0.5, 0.6) is 0 Å². The average molecular weight is 284 g/mol. The molecule has 2 aromatic rings. The van der Waals surface area contributed by atoms with Crippen molar-refractivity contribution >= 4 is 22.6 Å². The molecule has 1 saturated carbocycles. The minimum absolute atomic E-state index is 0.269. The van der Waals surface area contributed by atoms with Crippen LogP contribution in [0.4, 0.5) is 0 Å². The van der Waals surface area contributed by atoms with E-state index in [-0.39, 0.29) is 5.91 Å². The standard InChI is InChI=1S/C17H20N2O2/c1-11-7-3-5-9-14(11)18-19-17(20)16-12(2)13-8-4-6-10-15(13)21-16/h4,6,8,10-11H,3,5,7,9H2,1-2H3,(H,19,20)/t11-/m1/s1. The van der Waals surface area contributed by atoms with Crippen LogP contribution in [0.3, 0.4) is 0 Å². The number of nitrogens with one attached hydrogen (secondary N) is 1. The van der Waals surface area contributed by atoms with E-state index in [4.69, 9.17) is 4.42 Å². The second-order valence-corrected chi connectivity index (χ2v) is 5.74. The molecule has 4 heteroatoms. The number of para-hydroxylation sites is 1. The molecule has 110 valence electrons. The van der Waals surface area contributed by atoms with Crippen LogP contribution in [0.2, 0.25) is 0 Å². The summed E-state index contributed by atoms with van der Waals surface area (Å²) in [5.74, 6) is 0.536. The molecule has 0 radical (unpaired) electrons. The van der Waals surface area contributed by atoms with Gasteiger partial charge in [-0.05, 0) is 38.2 Å². The predicted molar refractivity (Wildman–Crippen MR) is 83.5 cm³/mol. The average Bonchev–Trinajstić information content (AvgIpc) is 2.84. The summed E-state index contributed by atoms with van der Waals surface area (Å²) in [5, 5.41) is 5.28. The van der Waals surface area contributed by atoms with E-state index in [1.165, 1.54) is 6.42 Å². The molecule has 0 aliphatic heterocycles. The van der Waals surface area contributed by atoms with Gasteiger partial charge in [0.05, 0.1) is 0 Å². The summed E-state index contributed by atoms with van der Waals surface area (Å²) in [6, 6.07) is 7.67. The Bertz CT molecular complexity index is 700. The van der Waals surface area contributed by atoms with Crippen molar-refractivity contribution in [2.75, 3.05) is 0 Å². The topological polar surface area (TPSA) is 54.6 Å². The zero-order valence-electron chi connectivity index (χ0n) is 12.5. The van der Waals surface area contributed by atoms with Crippen molar-refractivity contribution < 1.29 is 9.21 Å². The van der Waals surface area contributed by atoms with Gasteiger partial charge in [-0.3, -0.25) is 4.79 Å². The number of hydrogen-bond donors (Lipinski definition) is 1. The quantitative estimate of drug-likeness (QED) is 0.846. The predicted octanol–water partition coefficient (Wildman–Crippen LogP) is 4.04. The second kappa shape index (κ2) is 5.72. The monoisotopic (exact) mass is 284 g/mol. The zero-order chi connectivity index (χ0) is 14.8. The lowest BCUT2D eigenvalue weighted by atomic mass is 9.89. The van der Waals surface area contributed by atoms with Gasteiger partial charge in [-0.2, -0.15) is 5.10 Å². The lowest BCUT2D eigenvalue weighted by Gasteiger charge is -2.19. The molecule has 0 saturated heterocycles. The molecule has 0 spiro atoms. The van der Waals surface area contributed by atoms with Gasteiger partial charge in [0, 0.05) is 16.7 Å². The van der Waals surface area contributed by atoms with Crippen LogP contribution in [0.25, 0.3) is 11.0 Å². The highest BCUT2D eigenvalue weighted by molar-refractivity contribution is 5.99. The Hall–Kier alpha value is -2.10. The lowest BCUT2D eigenvalue weighted by Crippen LogP contribution is -2.24. The molecule has 1 aliphatic carbocycles. The normalized spacial score (nSPS) is 20.9. The van der Waals surface area contributed by atoms with E-state index in [1.54, 1.807) is 0 Å². The van der Waals surface area contributed by atoms with Crippen molar-refractivity contribution in [3.05, 3.63) is 35.6 Å². The molecule has 21 heavy (non-hydrogen) atoms. The summed E-state index contributed by atoms with van der Waals surface area (Å²) >= 11 is 0. The van der Waals surface area contributed by atoms with Crippen LogP contribution < -0.4 is 5.43 Å². The first-order valence-corrected chi connectivity index (χ1v) is 7.51. The molecule has 3 rings (SSSR count). The van der Waals surface area contributed by atoms with Gasteiger partial charge in [0.25, 0.3) is 0 Å². The third-order valence-corrected chi connectivity index (χ3v) is 4.24. The minimum Gasteiger partial charge on any atom is -0.451 e. The smallest absolute Gasteiger partial charge is 0.307 e. The molecule has 0 bridgehead atoms. The number of hydrazone groups is 1. The van der Waals surface area contributed by atoms with Gasteiger partial charge in [0.2, 0.25) is 0 Å². The van der Waals surface area contributed by atoms with E-state index >= 15 is 0 Å². The molecular weight excluding hydrogens is 264 g/mol. The third-order valence-electron chi connectivity index (χ3n) is 4.24. The Labute approximate surface area is 124 Å². The summed E-state index contributed by atoms with van der Waals surface area (Å²) in [4.78, 5) is 12.3. The van der Waals surface area contributed by atoms with E-state index in [0.29, 0.717) is 11.7 Å². The van der Waals surface area contributed by atoms with Crippen molar-refractivity contribution in [3.8, 4) is 0 Å². The van der Waals surface area contributed by atoms with Gasteiger partial charge in [-0.25, -0.2) is 5.43 Å². The number of rotatable bonds is 2. The number of carbonyl (C=O) groups excluding carboxylic acids is 1. The van der Waals surface area contributed by atoms with E-state index in [9.17, 15) is 4.79 Å². The van der Waals surface area contributed by atoms with E-state index < -0.39 is 0 Å². The summed E-state index contributed by atoms with van der Waals surface area (Å²) in [5.41, 5.74) is 5.34. The van der Waals surface area contributed by atoms with Gasteiger partial charge >= 0.3 is 5.91 Å². The van der Waals surface area contributed by atoms with Crippen molar-refractivity contribution in [2.24, 2.45) is 11.0 Å². The van der Waals surface area contributed by atoms with Crippen molar-refractivity contribution in [1.82, 2.24) is 5.43 Å². The molecule has 4 nitrogen and oxygen atoms in total. The fourth-order valence-electron chi connectivity index (χ4n) is 2.90. The Kier molecular flexibility index (Phi) is 3.78.